The Morgan fingerprint density at radius 2 is 2.00 bits per heavy atom. The number of hydrogen-bond acceptors (Lipinski definition) is 0. The summed E-state index contributed by atoms with van der Waals surface area (Å²) in [7, 11) is 0. The van der Waals surface area contributed by atoms with Crippen molar-refractivity contribution in [2.45, 2.75) is 27.2 Å². The van der Waals surface area contributed by atoms with Crippen molar-refractivity contribution < 1.29 is 0 Å². The summed E-state index contributed by atoms with van der Waals surface area (Å²) in [6, 6.07) is 0. The summed E-state index contributed by atoms with van der Waals surface area (Å²) in [5.74, 6) is 7.12. The molecular weight excluding hydrogens is 84.1 g/mol. The van der Waals surface area contributed by atoms with Crippen LogP contribution >= 0.6 is 0 Å². The van der Waals surface area contributed by atoms with Gasteiger partial charge >= 0.3 is 0 Å². The molecule has 0 saturated heterocycles. The van der Waals surface area contributed by atoms with Crippen LogP contribution in [-0.4, -0.2) is 0 Å². The van der Waals surface area contributed by atoms with Crippen molar-refractivity contribution in [3.8, 4) is 11.8 Å². The molecule has 0 heteroatoms. The maximum absolute atomic E-state index is 2.96. The highest BCUT2D eigenvalue weighted by atomic mass is 13.8. The van der Waals surface area contributed by atoms with Crippen LogP contribution < -0.4 is 0 Å². The van der Waals surface area contributed by atoms with Crippen LogP contribution in [0.4, 0.5) is 0 Å². The molecule has 7 heavy (non-hydrogen) atoms. The van der Waals surface area contributed by atoms with Crippen molar-refractivity contribution in [1.82, 2.24) is 0 Å². The van der Waals surface area contributed by atoms with Crippen LogP contribution in [0.5, 0.6) is 0 Å². The average molecular weight is 95.2 g/mol. The van der Waals surface area contributed by atoms with E-state index < -0.39 is 0 Å². The summed E-state index contributed by atoms with van der Waals surface area (Å²) in [6.07, 6.45) is 0.963. The lowest BCUT2D eigenvalue weighted by molar-refractivity contribution is 1.22. The average Bonchev–Trinajstić information content (AvgIpc) is 1.61. The topological polar surface area (TPSA) is 0 Å². The molecule has 0 aliphatic heterocycles. The lowest BCUT2D eigenvalue weighted by Crippen LogP contribution is -1.72. The van der Waals surface area contributed by atoms with E-state index in [1.807, 2.05) is 13.8 Å². The smallest absolute Gasteiger partial charge is 0.0418 e. The molecule has 0 unspecified atom stereocenters. The van der Waals surface area contributed by atoms with E-state index >= 15 is 0 Å². The number of rotatable bonds is 0. The van der Waals surface area contributed by atoms with E-state index in [2.05, 4.69) is 18.8 Å². The van der Waals surface area contributed by atoms with Crippen LogP contribution in [-0.2, 0) is 0 Å². The van der Waals surface area contributed by atoms with E-state index in [0.29, 0.717) is 0 Å². The maximum Gasteiger partial charge on any atom is 0.0418 e. The molecule has 39 valence electrons. The van der Waals surface area contributed by atoms with E-state index in [1.54, 1.807) is 0 Å². The molecule has 0 heterocycles. The molecule has 0 aromatic heterocycles. The Bertz CT molecular complexity index is 79.9. The van der Waals surface area contributed by atoms with Crippen molar-refractivity contribution >= 4 is 0 Å². The third-order valence-electron chi connectivity index (χ3n) is 0.515. The molecule has 0 rings (SSSR count). The van der Waals surface area contributed by atoms with Gasteiger partial charge in [0.15, 0.2) is 0 Å². The van der Waals surface area contributed by atoms with Gasteiger partial charge in [0.25, 0.3) is 0 Å². The molecule has 0 aromatic carbocycles. The third-order valence-corrected chi connectivity index (χ3v) is 0.515. The molecule has 0 nitrogen and oxygen atoms in total. The molecule has 0 N–H and O–H groups in total. The van der Waals surface area contributed by atoms with Gasteiger partial charge < -0.3 is 0 Å². The van der Waals surface area contributed by atoms with Gasteiger partial charge in [-0.3, -0.25) is 0 Å². The normalized spacial score (nSPS) is 8.00. The Hall–Kier alpha value is -0.440. The van der Waals surface area contributed by atoms with Crippen molar-refractivity contribution in [2.24, 2.45) is 0 Å². The predicted molar refractivity (Wildman–Crippen MR) is 32.7 cm³/mol. The maximum atomic E-state index is 2.96. The Morgan fingerprint density at radius 1 is 1.43 bits per heavy atom. The van der Waals surface area contributed by atoms with E-state index in [0.717, 1.165) is 6.42 Å². The van der Waals surface area contributed by atoms with Crippen LogP contribution in [0.1, 0.15) is 27.2 Å². The summed E-state index contributed by atoms with van der Waals surface area (Å²) in [5, 5.41) is 0. The zero-order valence-corrected chi connectivity index (χ0v) is 5.21. The first-order valence-electron chi connectivity index (χ1n) is 2.56. The molecule has 0 saturated carbocycles. The first-order valence-corrected chi connectivity index (χ1v) is 2.56. The minimum atomic E-state index is 0.963. The zero-order valence-electron chi connectivity index (χ0n) is 5.21. The molecule has 0 atom stereocenters. The lowest BCUT2D eigenvalue weighted by Gasteiger charge is -1.82. The molecule has 0 aromatic rings. The van der Waals surface area contributed by atoms with Crippen molar-refractivity contribution in [2.75, 3.05) is 0 Å². The summed E-state index contributed by atoms with van der Waals surface area (Å²) in [4.78, 5) is 0. The van der Waals surface area contributed by atoms with Crippen molar-refractivity contribution in [3.63, 3.8) is 0 Å². The van der Waals surface area contributed by atoms with Gasteiger partial charge in [-0.1, -0.05) is 12.8 Å². The Labute approximate surface area is 45.9 Å². The fraction of sp³-hybridized carbons (Fsp3) is 0.571. The fourth-order valence-electron chi connectivity index (χ4n) is 0.265. The molecule has 0 aliphatic rings. The Morgan fingerprint density at radius 3 is 2.14 bits per heavy atom. The molecule has 1 radical (unpaired) electrons. The quantitative estimate of drug-likeness (QED) is 0.404. The van der Waals surface area contributed by atoms with Crippen LogP contribution in [0.2, 0.25) is 0 Å². The van der Waals surface area contributed by atoms with Crippen molar-refractivity contribution in [3.05, 3.63) is 5.92 Å². The van der Waals surface area contributed by atoms with Crippen LogP contribution in [0, 0.1) is 17.8 Å². The van der Waals surface area contributed by atoms with E-state index in [4.69, 9.17) is 0 Å². The van der Waals surface area contributed by atoms with Crippen LogP contribution in [0.25, 0.3) is 0 Å². The SMILES string of the molecule is CCC#C[C](C)C. The Kier molecular flexibility index (Phi) is 3.50. The first-order chi connectivity index (χ1) is 3.27. The van der Waals surface area contributed by atoms with Gasteiger partial charge in [0.2, 0.25) is 0 Å². The highest BCUT2D eigenvalue weighted by Gasteiger charge is 1.78. The largest absolute Gasteiger partial charge is 0.103 e. The van der Waals surface area contributed by atoms with Crippen LogP contribution in [0.15, 0.2) is 0 Å². The van der Waals surface area contributed by atoms with Gasteiger partial charge in [0, 0.05) is 12.3 Å². The van der Waals surface area contributed by atoms with Crippen LogP contribution in [0.3, 0.4) is 0 Å². The van der Waals surface area contributed by atoms with E-state index in [-0.39, 0.29) is 0 Å². The van der Waals surface area contributed by atoms with Gasteiger partial charge in [-0.25, -0.2) is 0 Å². The molecule has 0 aliphatic carbocycles. The van der Waals surface area contributed by atoms with Gasteiger partial charge in [0.1, 0.15) is 0 Å². The number of hydrogen-bond donors (Lipinski definition) is 0. The van der Waals surface area contributed by atoms with E-state index in [1.165, 1.54) is 5.92 Å². The molecular formula is C7H11. The highest BCUT2D eigenvalue weighted by Crippen LogP contribution is 1.88. The predicted octanol–water partition coefficient (Wildman–Crippen LogP) is 2.01. The summed E-state index contributed by atoms with van der Waals surface area (Å²) >= 11 is 0. The first kappa shape index (κ1) is 6.56. The van der Waals surface area contributed by atoms with Gasteiger partial charge in [0.05, 0.1) is 0 Å². The second-order valence-electron chi connectivity index (χ2n) is 1.66. The molecule has 0 spiro atoms. The van der Waals surface area contributed by atoms with Gasteiger partial charge in [-0.2, -0.15) is 0 Å². The molecule has 0 bridgehead atoms. The third kappa shape index (κ3) is 5.56. The Balaban J connectivity index is 3.24. The zero-order chi connectivity index (χ0) is 5.70. The highest BCUT2D eigenvalue weighted by molar-refractivity contribution is 5.16. The minimum Gasteiger partial charge on any atom is -0.103 e. The lowest BCUT2D eigenvalue weighted by atomic mass is 10.2. The standard InChI is InChI=1S/C7H11/c1-4-5-6-7(2)3/h4H2,1-3H3. The fourth-order valence-corrected chi connectivity index (χ4v) is 0.265. The van der Waals surface area contributed by atoms with Gasteiger partial charge in [-0.15, -0.1) is 5.92 Å². The second kappa shape index (κ2) is 3.74. The summed E-state index contributed by atoms with van der Waals surface area (Å²) in [6.45, 7) is 6.08. The minimum absolute atomic E-state index is 0.963. The summed E-state index contributed by atoms with van der Waals surface area (Å²) in [5.41, 5.74) is 0. The second-order valence-corrected chi connectivity index (χ2v) is 1.66. The van der Waals surface area contributed by atoms with Gasteiger partial charge in [-0.05, 0) is 13.8 Å². The van der Waals surface area contributed by atoms with E-state index in [9.17, 15) is 0 Å². The monoisotopic (exact) mass is 95.1 g/mol. The molecule has 0 amide bonds. The summed E-state index contributed by atoms with van der Waals surface area (Å²) < 4.78 is 0. The molecule has 0 fully saturated rings. The van der Waals surface area contributed by atoms with Crippen molar-refractivity contribution in [1.29, 1.82) is 0 Å².